The van der Waals surface area contributed by atoms with Crippen LogP contribution in [-0.4, -0.2) is 104 Å². The Kier molecular flexibility index (Phi) is 17.1. The lowest BCUT2D eigenvalue weighted by atomic mass is 9.81. The Balaban J connectivity index is 0.834. The van der Waals surface area contributed by atoms with E-state index in [2.05, 4.69) is 15.7 Å². The average molecular weight is 955 g/mol. The van der Waals surface area contributed by atoms with Gasteiger partial charge in [-0.05, 0) is 67.6 Å². The fourth-order valence-corrected chi connectivity index (χ4v) is 8.06. The van der Waals surface area contributed by atoms with Crippen molar-refractivity contribution in [1.82, 2.24) is 15.1 Å². The number of rotatable bonds is 23. The number of hydrogen-bond donors (Lipinski definition) is 4. The Bertz CT molecular complexity index is 2340. The van der Waals surface area contributed by atoms with E-state index >= 15 is 0 Å². The molecule has 0 bridgehead atoms. The van der Waals surface area contributed by atoms with Gasteiger partial charge in [-0.25, -0.2) is 0 Å². The number of aliphatic hydroxyl groups excluding tert-OH is 1. The van der Waals surface area contributed by atoms with Crippen molar-refractivity contribution in [3.05, 3.63) is 82.0 Å². The summed E-state index contributed by atoms with van der Waals surface area (Å²) in [5.74, 6) is -3.58. The summed E-state index contributed by atoms with van der Waals surface area (Å²) < 4.78 is 111. The van der Waals surface area contributed by atoms with E-state index in [1.165, 1.54) is 25.2 Å². The van der Waals surface area contributed by atoms with Gasteiger partial charge in [-0.3, -0.25) is 24.4 Å². The van der Waals surface area contributed by atoms with E-state index in [0.29, 0.717) is 95.5 Å². The third kappa shape index (κ3) is 12.4. The maximum Gasteiger partial charge on any atom is 0.435 e. The first kappa shape index (κ1) is 50.2. The third-order valence-corrected chi connectivity index (χ3v) is 11.4. The second-order valence-electron chi connectivity index (χ2n) is 15.5. The summed E-state index contributed by atoms with van der Waals surface area (Å²) in [5, 5.41) is 30.8. The maximum atomic E-state index is 13.8. The summed E-state index contributed by atoms with van der Waals surface area (Å²) in [5.41, 5.74) is -1.51. The number of fused-ring (bicyclic) bond motifs is 1. The van der Waals surface area contributed by atoms with E-state index in [1.807, 2.05) is 0 Å². The molecule has 2 aliphatic rings. The molecule has 0 saturated carbocycles. The van der Waals surface area contributed by atoms with Crippen molar-refractivity contribution in [3.8, 4) is 33.9 Å². The van der Waals surface area contributed by atoms with Crippen LogP contribution in [0.5, 0.6) is 11.5 Å². The molecule has 1 saturated heterocycles. The van der Waals surface area contributed by atoms with Crippen LogP contribution < -0.4 is 15.4 Å². The predicted molar refractivity (Wildman–Crippen MR) is 227 cm³/mol. The van der Waals surface area contributed by atoms with E-state index in [4.69, 9.17) is 35.3 Å². The molecule has 3 atom stereocenters. The molecule has 0 radical (unpaired) electrons. The number of aromatic nitrogens is 2. The lowest BCUT2D eigenvalue weighted by Gasteiger charge is -2.27. The summed E-state index contributed by atoms with van der Waals surface area (Å²) in [7, 11) is 1.25. The number of carbonyl (C=O) groups excluding carboxylic acids is 3. The molecule has 2 heterocycles. The normalized spacial score (nSPS) is 17.6. The number of hydrogen-bond acceptors (Lipinski definition) is 12. The fraction of sp³-hybridized carbons (Fsp3) is 0.467. The number of phenols is 1. The molecule has 14 nitrogen and oxygen atoms in total. The molecule has 1 aromatic heterocycles. The van der Waals surface area contributed by atoms with Crippen molar-refractivity contribution in [1.29, 1.82) is 0 Å². The Labute approximate surface area is 380 Å². The molecule has 1 aliphatic heterocycles. The smallest absolute Gasteiger partial charge is 0.435 e. The Morgan fingerprint density at radius 1 is 0.818 bits per heavy atom. The Morgan fingerprint density at radius 2 is 1.48 bits per heavy atom. The van der Waals surface area contributed by atoms with E-state index in [0.717, 1.165) is 22.9 Å². The summed E-state index contributed by atoms with van der Waals surface area (Å²) >= 11 is 5.83. The number of alkyl halides is 6. The molecule has 6 rings (SSSR count). The van der Waals surface area contributed by atoms with Crippen LogP contribution in [-0.2, 0) is 47.9 Å². The van der Waals surface area contributed by atoms with Crippen molar-refractivity contribution in [2.45, 2.75) is 50.6 Å². The maximum absolute atomic E-state index is 13.8. The van der Waals surface area contributed by atoms with Crippen LogP contribution >= 0.6 is 11.6 Å². The number of amides is 2. The molecule has 358 valence electrons. The predicted octanol–water partition coefficient (Wildman–Crippen LogP) is 7.78. The first-order valence-corrected chi connectivity index (χ1v) is 21.6. The van der Waals surface area contributed by atoms with Crippen molar-refractivity contribution in [3.63, 3.8) is 0 Å². The van der Waals surface area contributed by atoms with Gasteiger partial charge in [-0.15, -0.1) is 0 Å². The lowest BCUT2D eigenvalue weighted by Crippen LogP contribution is -2.45. The van der Waals surface area contributed by atoms with Crippen molar-refractivity contribution in [2.24, 2.45) is 18.9 Å². The minimum atomic E-state index is -4.83. The number of halogens is 7. The average Bonchev–Trinajstić information content (AvgIpc) is 3.78. The zero-order valence-corrected chi connectivity index (χ0v) is 36.5. The molecular formula is C45H49ClF6N4O10. The molecule has 1 aliphatic carbocycles. The number of Topliss-reactive ketones (excluding diaryl/α,β-unsaturated/α-hetero) is 1. The summed E-state index contributed by atoms with van der Waals surface area (Å²) in [6.07, 6.45) is -8.63. The monoisotopic (exact) mass is 954 g/mol. The number of unbranched alkanes of at least 4 members (excludes halogenated alkanes) is 2. The van der Waals surface area contributed by atoms with E-state index in [-0.39, 0.29) is 53.4 Å². The molecule has 21 heteroatoms. The second-order valence-corrected chi connectivity index (χ2v) is 15.9. The molecule has 0 spiro atoms. The molecule has 66 heavy (non-hydrogen) atoms. The number of aryl methyl sites for hydroxylation is 1. The number of ketones is 1. The van der Waals surface area contributed by atoms with Crippen molar-refractivity contribution in [2.75, 3.05) is 71.3 Å². The summed E-state index contributed by atoms with van der Waals surface area (Å²) in [6, 6.07) is 11.5. The number of nitrogens with zero attached hydrogens (tertiary/aromatic N) is 2. The minimum Gasteiger partial charge on any atom is -0.506 e. The van der Waals surface area contributed by atoms with Gasteiger partial charge in [0, 0.05) is 49.0 Å². The number of anilines is 1. The molecule has 3 aromatic carbocycles. The van der Waals surface area contributed by atoms with Gasteiger partial charge in [0.25, 0.3) is 0 Å². The van der Waals surface area contributed by atoms with Gasteiger partial charge in [0.05, 0.1) is 92.6 Å². The van der Waals surface area contributed by atoms with Crippen LogP contribution in [0.3, 0.4) is 0 Å². The van der Waals surface area contributed by atoms with Crippen LogP contribution in [0.2, 0.25) is 5.02 Å². The Morgan fingerprint density at radius 3 is 2.14 bits per heavy atom. The number of imide groups is 1. The summed E-state index contributed by atoms with van der Waals surface area (Å²) in [6.45, 7) is 3.26. The topological polar surface area (TPSA) is 180 Å². The quantitative estimate of drug-likeness (QED) is 0.0323. The highest BCUT2D eigenvalue weighted by Crippen LogP contribution is 2.48. The third-order valence-electron chi connectivity index (χ3n) is 11.0. The second kappa shape index (κ2) is 22.5. The molecule has 2 amide bonds. The zero-order valence-electron chi connectivity index (χ0n) is 35.7. The van der Waals surface area contributed by atoms with Gasteiger partial charge in [-0.2, -0.15) is 31.4 Å². The van der Waals surface area contributed by atoms with Crippen LogP contribution in [0, 0.1) is 11.8 Å². The van der Waals surface area contributed by atoms with Gasteiger partial charge >= 0.3 is 12.4 Å². The number of aromatic hydroxyl groups is 1. The molecule has 1 fully saturated rings. The number of piperidine rings is 1. The van der Waals surface area contributed by atoms with Gasteiger partial charge in [0.1, 0.15) is 11.5 Å². The first-order chi connectivity index (χ1) is 31.5. The van der Waals surface area contributed by atoms with Gasteiger partial charge in [0.2, 0.25) is 11.8 Å². The van der Waals surface area contributed by atoms with Crippen LogP contribution in [0.1, 0.15) is 65.4 Å². The first-order valence-electron chi connectivity index (χ1n) is 21.2. The molecule has 4 N–H and O–H groups in total. The van der Waals surface area contributed by atoms with Crippen LogP contribution in [0.15, 0.2) is 54.6 Å². The van der Waals surface area contributed by atoms with Gasteiger partial charge in [0.15, 0.2) is 11.5 Å². The molecular weight excluding hydrogens is 906 g/mol. The number of carbonyl (C=O) groups is 3. The highest BCUT2D eigenvalue weighted by molar-refractivity contribution is 6.31. The fourth-order valence-electron chi connectivity index (χ4n) is 7.83. The number of aliphatic hydroxyl groups is 1. The minimum absolute atomic E-state index is 0.0152. The lowest BCUT2D eigenvalue weighted by molar-refractivity contribution is -0.141. The highest BCUT2D eigenvalue weighted by Gasteiger charge is 2.48. The van der Waals surface area contributed by atoms with E-state index in [1.54, 1.807) is 18.2 Å². The Hall–Kier alpha value is -5.25. The van der Waals surface area contributed by atoms with Crippen LogP contribution in [0.4, 0.5) is 32.0 Å². The number of ether oxygens (including phenoxy) is 5. The number of nitrogens with one attached hydrogen (secondary N) is 2. The largest absolute Gasteiger partial charge is 0.506 e. The van der Waals surface area contributed by atoms with Gasteiger partial charge < -0.3 is 39.2 Å². The summed E-state index contributed by atoms with van der Waals surface area (Å²) in [4.78, 5) is 37.1. The van der Waals surface area contributed by atoms with Gasteiger partial charge in [-0.1, -0.05) is 29.8 Å². The van der Waals surface area contributed by atoms with Crippen molar-refractivity contribution >= 4 is 34.9 Å². The standard InChI is InChI=1S/C45H49ClF6N4O10/c1-56-33(25-35(55-56)45(50,51)52)27-9-12-34(37(40(27)58)26-8-11-31(46)30(24-26)44(47,48)49)66-16-4-2-3-15-62-18-20-64-22-23-65-21-19-63-17-14-53-32-7-5-6-28-38(32)42(60)39(41(28)59)29-10-13-36(57)54-43(29)61/h5-9,11-12,24-25,29,39,42,53,58,60H,2-4,10,13-23H2,1H3,(H,54,57,61). The van der Waals surface area contributed by atoms with E-state index < -0.39 is 64.1 Å². The molecule has 3 unspecified atom stereocenters. The SMILES string of the molecule is Cn1nc(C(F)(F)F)cc1-c1ccc(OCCCCCOCCOCCOCCOCCNc2cccc3c2C(O)C(C2CCC(=O)NC2=O)C3=O)c(-c2ccc(Cl)c(C(F)(F)F)c2)c1O. The number of benzene rings is 3. The van der Waals surface area contributed by atoms with E-state index in [9.17, 15) is 50.9 Å². The van der Waals surface area contributed by atoms with Crippen LogP contribution in [0.25, 0.3) is 22.4 Å². The zero-order chi connectivity index (χ0) is 47.6. The van der Waals surface area contributed by atoms with Crippen molar-refractivity contribution < 1.29 is 74.6 Å². The molecule has 4 aromatic rings. The highest BCUT2D eigenvalue weighted by atomic mass is 35.5. The number of phenolic OH excluding ortho intramolecular Hbond substituents is 1.